The van der Waals surface area contributed by atoms with Gasteiger partial charge < -0.3 is 5.32 Å². The fourth-order valence-corrected chi connectivity index (χ4v) is 3.03. The first-order valence-electron chi connectivity index (χ1n) is 6.59. The van der Waals surface area contributed by atoms with Crippen LogP contribution in [0.4, 0.5) is 0 Å². The number of hydrogen-bond acceptors (Lipinski definition) is 3. The molecule has 0 aromatic heterocycles. The Balaban J connectivity index is 2.10. The summed E-state index contributed by atoms with van der Waals surface area (Å²) in [7, 11) is 0. The van der Waals surface area contributed by atoms with Gasteiger partial charge >= 0.3 is 0 Å². The van der Waals surface area contributed by atoms with Gasteiger partial charge in [0, 0.05) is 0 Å². The summed E-state index contributed by atoms with van der Waals surface area (Å²) < 4.78 is 0. The van der Waals surface area contributed by atoms with Crippen LogP contribution in [0.25, 0.3) is 0 Å². The second kappa shape index (κ2) is 5.78. The summed E-state index contributed by atoms with van der Waals surface area (Å²) in [6, 6.07) is 8.41. The summed E-state index contributed by atoms with van der Waals surface area (Å²) in [5, 5.41) is 3.61. The molecule has 0 spiro atoms. The number of amides is 1. The quantitative estimate of drug-likeness (QED) is 0.920. The predicted octanol–water partition coefficient (Wildman–Crippen LogP) is 3.30. The third kappa shape index (κ3) is 3.38. The predicted molar refractivity (Wildman–Crippen MR) is 81.4 cm³/mol. The molecule has 1 unspecified atom stereocenters. The van der Waals surface area contributed by atoms with Gasteiger partial charge in [0.25, 0.3) is 0 Å². The maximum Gasteiger partial charge on any atom is 0.239 e. The zero-order chi connectivity index (χ0) is 14.0. The van der Waals surface area contributed by atoms with Gasteiger partial charge in [-0.2, -0.15) is 0 Å². The van der Waals surface area contributed by atoms with E-state index in [0.717, 1.165) is 5.17 Å². The molecule has 1 saturated heterocycles. The van der Waals surface area contributed by atoms with Crippen LogP contribution in [0.5, 0.6) is 0 Å². The Bertz CT molecular complexity index is 493. The van der Waals surface area contributed by atoms with Crippen molar-refractivity contribution in [1.82, 2.24) is 5.32 Å². The number of thioether (sulfide) groups is 1. The molecule has 3 nitrogen and oxygen atoms in total. The molecule has 0 radical (unpaired) electrons. The number of hydrogen-bond donors (Lipinski definition) is 1. The summed E-state index contributed by atoms with van der Waals surface area (Å²) in [5.74, 6) is 0.405. The van der Waals surface area contributed by atoms with E-state index >= 15 is 0 Å². The molecule has 102 valence electrons. The topological polar surface area (TPSA) is 41.5 Å². The molecule has 4 heteroatoms. The Labute approximate surface area is 118 Å². The van der Waals surface area contributed by atoms with E-state index < -0.39 is 0 Å². The fourth-order valence-electron chi connectivity index (χ4n) is 1.98. The van der Waals surface area contributed by atoms with Gasteiger partial charge in [-0.05, 0) is 25.3 Å². The second-order valence-electron chi connectivity index (χ2n) is 5.29. The number of aliphatic imine (C=N–C) groups is 1. The molecule has 1 aliphatic rings. The van der Waals surface area contributed by atoms with E-state index in [4.69, 9.17) is 0 Å². The average molecular weight is 276 g/mol. The Morgan fingerprint density at radius 1 is 1.21 bits per heavy atom. The van der Waals surface area contributed by atoms with Crippen molar-refractivity contribution >= 4 is 22.8 Å². The summed E-state index contributed by atoms with van der Waals surface area (Å²) in [6.45, 7) is 8.24. The highest BCUT2D eigenvalue weighted by Gasteiger charge is 2.32. The lowest BCUT2D eigenvalue weighted by atomic mass is 10.1. The Kier molecular flexibility index (Phi) is 4.30. The molecule has 2 rings (SSSR count). The Morgan fingerprint density at radius 2 is 1.84 bits per heavy atom. The Morgan fingerprint density at radius 3 is 2.37 bits per heavy atom. The van der Waals surface area contributed by atoms with Crippen molar-refractivity contribution in [2.75, 3.05) is 0 Å². The summed E-state index contributed by atoms with van der Waals surface area (Å²) in [6.07, 6.45) is 0. The van der Waals surface area contributed by atoms with Gasteiger partial charge in [-0.3, -0.25) is 9.79 Å². The van der Waals surface area contributed by atoms with E-state index in [0.29, 0.717) is 5.92 Å². The number of aryl methyl sites for hydroxylation is 1. The van der Waals surface area contributed by atoms with Gasteiger partial charge in [-0.15, -0.1) is 0 Å². The first-order valence-corrected chi connectivity index (χ1v) is 7.47. The van der Waals surface area contributed by atoms with Crippen LogP contribution in [0.1, 0.15) is 37.9 Å². The SMILES string of the molecule is Cc1ccc(C(C)N=C2NC(=O)[C@H](C(C)C)S2)cc1. The smallest absolute Gasteiger partial charge is 0.239 e. The number of carbonyl (C=O) groups is 1. The molecule has 0 aliphatic carbocycles. The van der Waals surface area contributed by atoms with Crippen molar-refractivity contribution in [2.45, 2.75) is 39.0 Å². The maximum atomic E-state index is 11.8. The van der Waals surface area contributed by atoms with Crippen molar-refractivity contribution in [3.8, 4) is 0 Å². The molecular weight excluding hydrogens is 256 g/mol. The number of carbonyl (C=O) groups excluding carboxylic acids is 1. The van der Waals surface area contributed by atoms with E-state index in [1.807, 2.05) is 6.92 Å². The van der Waals surface area contributed by atoms with Crippen LogP contribution >= 0.6 is 11.8 Å². The van der Waals surface area contributed by atoms with Crippen molar-refractivity contribution < 1.29 is 4.79 Å². The molecule has 1 heterocycles. The van der Waals surface area contributed by atoms with Crippen LogP contribution in [0.2, 0.25) is 0 Å². The molecule has 2 atom stereocenters. The molecule has 0 saturated carbocycles. The van der Waals surface area contributed by atoms with E-state index in [-0.39, 0.29) is 17.2 Å². The first-order chi connectivity index (χ1) is 8.97. The van der Waals surface area contributed by atoms with Crippen molar-refractivity contribution in [2.24, 2.45) is 10.9 Å². The zero-order valence-electron chi connectivity index (χ0n) is 11.8. The largest absolute Gasteiger partial charge is 0.304 e. The molecule has 1 N–H and O–H groups in total. The van der Waals surface area contributed by atoms with Crippen molar-refractivity contribution in [3.05, 3.63) is 35.4 Å². The van der Waals surface area contributed by atoms with Crippen LogP contribution in [-0.4, -0.2) is 16.3 Å². The van der Waals surface area contributed by atoms with Crippen LogP contribution in [0.3, 0.4) is 0 Å². The molecule has 1 fully saturated rings. The van der Waals surface area contributed by atoms with Gasteiger partial charge in [-0.25, -0.2) is 0 Å². The average Bonchev–Trinajstić information content (AvgIpc) is 2.71. The summed E-state index contributed by atoms with van der Waals surface area (Å²) >= 11 is 1.54. The maximum absolute atomic E-state index is 11.8. The van der Waals surface area contributed by atoms with Gasteiger partial charge in [0.2, 0.25) is 5.91 Å². The second-order valence-corrected chi connectivity index (χ2v) is 6.42. The number of nitrogens with one attached hydrogen (secondary N) is 1. The van der Waals surface area contributed by atoms with Crippen molar-refractivity contribution in [1.29, 1.82) is 0 Å². The highest BCUT2D eigenvalue weighted by Crippen LogP contribution is 2.28. The highest BCUT2D eigenvalue weighted by atomic mass is 32.2. The molecule has 19 heavy (non-hydrogen) atoms. The van der Waals surface area contributed by atoms with Crippen molar-refractivity contribution in [3.63, 3.8) is 0 Å². The lowest BCUT2D eigenvalue weighted by Crippen LogP contribution is -2.27. The van der Waals surface area contributed by atoms with Crippen LogP contribution in [0.15, 0.2) is 29.3 Å². The minimum absolute atomic E-state index is 0.0102. The number of nitrogens with zero attached hydrogens (tertiary/aromatic N) is 1. The molecule has 0 bridgehead atoms. The lowest BCUT2D eigenvalue weighted by Gasteiger charge is -2.09. The zero-order valence-corrected chi connectivity index (χ0v) is 12.6. The molecule has 1 aromatic carbocycles. The van der Waals surface area contributed by atoms with Gasteiger partial charge in [-0.1, -0.05) is 55.4 Å². The lowest BCUT2D eigenvalue weighted by molar-refractivity contribution is -0.119. The number of benzene rings is 1. The third-order valence-electron chi connectivity index (χ3n) is 3.20. The number of rotatable bonds is 3. The van der Waals surface area contributed by atoms with Crippen LogP contribution in [0, 0.1) is 12.8 Å². The summed E-state index contributed by atoms with van der Waals surface area (Å²) in [5.41, 5.74) is 2.41. The highest BCUT2D eigenvalue weighted by molar-refractivity contribution is 8.15. The summed E-state index contributed by atoms with van der Waals surface area (Å²) in [4.78, 5) is 16.4. The van der Waals surface area contributed by atoms with E-state index in [2.05, 4.69) is 55.3 Å². The van der Waals surface area contributed by atoms with Crippen LogP contribution in [-0.2, 0) is 4.79 Å². The fraction of sp³-hybridized carbons (Fsp3) is 0.467. The molecule has 1 aromatic rings. The van der Waals surface area contributed by atoms with E-state index in [9.17, 15) is 4.79 Å². The van der Waals surface area contributed by atoms with Gasteiger partial charge in [0.1, 0.15) is 0 Å². The monoisotopic (exact) mass is 276 g/mol. The molecule has 1 aliphatic heterocycles. The van der Waals surface area contributed by atoms with Crippen LogP contribution < -0.4 is 5.32 Å². The minimum Gasteiger partial charge on any atom is -0.304 e. The van der Waals surface area contributed by atoms with E-state index in [1.165, 1.54) is 11.1 Å². The van der Waals surface area contributed by atoms with Gasteiger partial charge in [0.05, 0.1) is 11.3 Å². The first kappa shape index (κ1) is 14.1. The Hall–Kier alpha value is -1.29. The standard InChI is InChI=1S/C15H20N2OS/c1-9(2)13-14(18)17-15(19-13)16-11(4)12-7-5-10(3)6-8-12/h5-9,11,13H,1-4H3,(H,16,17,18)/t11?,13-/m0/s1. The normalized spacial score (nSPS) is 22.9. The van der Waals surface area contributed by atoms with Gasteiger partial charge in [0.15, 0.2) is 5.17 Å². The molecule has 1 amide bonds. The number of amidine groups is 1. The minimum atomic E-state index is -0.0102. The molecular formula is C15H20N2OS. The van der Waals surface area contributed by atoms with E-state index in [1.54, 1.807) is 11.8 Å². The third-order valence-corrected chi connectivity index (χ3v) is 4.65.